The molecule has 5 unspecified atom stereocenters. The Morgan fingerprint density at radius 3 is 2.72 bits per heavy atom. The van der Waals surface area contributed by atoms with Crippen molar-refractivity contribution in [3.05, 3.63) is 23.8 Å². The predicted octanol–water partition coefficient (Wildman–Crippen LogP) is 5.28. The lowest BCUT2D eigenvalue weighted by Gasteiger charge is -2.53. The number of allylic oxidation sites excluding steroid dienone is 2. The molecular formula is C23H32O2. The van der Waals surface area contributed by atoms with Gasteiger partial charge in [0.05, 0.1) is 0 Å². The Balaban J connectivity index is 1.69. The SMILES string of the molecule is C=C1C[C@]2(CC)C(=O)C(CCC)CC2C2CCC3=CC(=O)CCC3C12. The van der Waals surface area contributed by atoms with Gasteiger partial charge in [0.25, 0.3) is 0 Å². The summed E-state index contributed by atoms with van der Waals surface area (Å²) < 4.78 is 0. The molecule has 25 heavy (non-hydrogen) atoms. The highest BCUT2D eigenvalue weighted by atomic mass is 16.1. The third-order valence-corrected chi connectivity index (χ3v) is 8.09. The van der Waals surface area contributed by atoms with Crippen LogP contribution in [0.25, 0.3) is 0 Å². The number of rotatable bonds is 3. The molecule has 0 bridgehead atoms. The molecule has 6 atom stereocenters. The van der Waals surface area contributed by atoms with Gasteiger partial charge in [-0.1, -0.05) is 38.0 Å². The Kier molecular flexibility index (Phi) is 4.29. The van der Waals surface area contributed by atoms with Crippen molar-refractivity contribution in [1.82, 2.24) is 0 Å². The number of hydrogen-bond acceptors (Lipinski definition) is 2. The first kappa shape index (κ1) is 17.2. The van der Waals surface area contributed by atoms with Crippen molar-refractivity contribution < 1.29 is 9.59 Å². The molecule has 0 aromatic rings. The summed E-state index contributed by atoms with van der Waals surface area (Å²) in [6, 6.07) is 0. The molecule has 2 heteroatoms. The number of hydrogen-bond donors (Lipinski definition) is 0. The first-order valence-electron chi connectivity index (χ1n) is 10.5. The Labute approximate surface area is 152 Å². The van der Waals surface area contributed by atoms with Crippen LogP contribution in [0, 0.1) is 35.0 Å². The summed E-state index contributed by atoms with van der Waals surface area (Å²) in [5.41, 5.74) is 2.58. The van der Waals surface area contributed by atoms with Crippen molar-refractivity contribution in [2.75, 3.05) is 0 Å². The van der Waals surface area contributed by atoms with Crippen LogP contribution < -0.4 is 0 Å². The van der Waals surface area contributed by atoms with Crippen molar-refractivity contribution in [2.45, 2.75) is 71.6 Å². The molecule has 3 saturated carbocycles. The van der Waals surface area contributed by atoms with Crippen LogP contribution in [0.5, 0.6) is 0 Å². The van der Waals surface area contributed by atoms with Gasteiger partial charge in [-0.2, -0.15) is 0 Å². The van der Waals surface area contributed by atoms with Gasteiger partial charge in [-0.05, 0) is 74.7 Å². The van der Waals surface area contributed by atoms with Gasteiger partial charge in [-0.15, -0.1) is 0 Å². The fraction of sp³-hybridized carbons (Fsp3) is 0.739. The van der Waals surface area contributed by atoms with Crippen LogP contribution in [-0.2, 0) is 9.59 Å². The first-order chi connectivity index (χ1) is 12.0. The van der Waals surface area contributed by atoms with Crippen molar-refractivity contribution in [1.29, 1.82) is 0 Å². The quantitative estimate of drug-likeness (QED) is 0.655. The molecule has 0 aromatic heterocycles. The smallest absolute Gasteiger partial charge is 0.155 e. The van der Waals surface area contributed by atoms with Gasteiger partial charge in [-0.3, -0.25) is 9.59 Å². The van der Waals surface area contributed by atoms with Gasteiger partial charge in [0.1, 0.15) is 5.78 Å². The van der Waals surface area contributed by atoms with Crippen molar-refractivity contribution in [3.8, 4) is 0 Å². The van der Waals surface area contributed by atoms with Crippen LogP contribution in [0.15, 0.2) is 23.8 Å². The molecule has 4 aliphatic carbocycles. The number of carbonyl (C=O) groups is 2. The molecule has 0 aromatic carbocycles. The van der Waals surface area contributed by atoms with E-state index < -0.39 is 0 Å². The van der Waals surface area contributed by atoms with Crippen molar-refractivity contribution in [3.63, 3.8) is 0 Å². The van der Waals surface area contributed by atoms with E-state index in [1.165, 1.54) is 11.1 Å². The maximum atomic E-state index is 13.3. The summed E-state index contributed by atoms with van der Waals surface area (Å²) >= 11 is 0. The molecule has 0 amide bonds. The van der Waals surface area contributed by atoms with E-state index in [0.717, 1.165) is 51.4 Å². The highest BCUT2D eigenvalue weighted by Gasteiger charge is 2.61. The fourth-order valence-corrected chi connectivity index (χ4v) is 7.10. The molecule has 0 N–H and O–H groups in total. The van der Waals surface area contributed by atoms with Gasteiger partial charge >= 0.3 is 0 Å². The van der Waals surface area contributed by atoms with Crippen LogP contribution in [-0.4, -0.2) is 11.6 Å². The zero-order chi connectivity index (χ0) is 17.8. The standard InChI is InChI=1S/C23H32O2/c1-4-6-16-12-20-19-9-7-15-11-17(24)8-10-18(15)21(19)14(3)13-23(20,5-2)22(16)25/h11,16,18-21H,3-10,12-13H2,1-2H3/t16?,18?,19?,20?,21?,23-/m0/s1. The van der Waals surface area contributed by atoms with Crippen LogP contribution in [0.3, 0.4) is 0 Å². The van der Waals surface area contributed by atoms with E-state index in [0.29, 0.717) is 41.7 Å². The lowest BCUT2D eigenvalue weighted by Crippen LogP contribution is -2.48. The number of fused-ring (bicyclic) bond motifs is 5. The minimum atomic E-state index is -0.121. The molecular weight excluding hydrogens is 308 g/mol. The van der Waals surface area contributed by atoms with Gasteiger partial charge in [0.15, 0.2) is 5.78 Å². The van der Waals surface area contributed by atoms with E-state index in [1.54, 1.807) is 0 Å². The van der Waals surface area contributed by atoms with Gasteiger partial charge in [0, 0.05) is 17.8 Å². The van der Waals surface area contributed by atoms with Crippen molar-refractivity contribution in [2.24, 2.45) is 35.0 Å². The molecule has 3 fully saturated rings. The largest absolute Gasteiger partial charge is 0.299 e. The second-order valence-corrected chi connectivity index (χ2v) is 9.10. The van der Waals surface area contributed by atoms with Crippen molar-refractivity contribution >= 4 is 11.6 Å². The van der Waals surface area contributed by atoms with E-state index >= 15 is 0 Å². The topological polar surface area (TPSA) is 34.1 Å². The average Bonchev–Trinajstić information content (AvgIpc) is 2.88. The molecule has 0 aliphatic heterocycles. The summed E-state index contributed by atoms with van der Waals surface area (Å²) in [6.07, 6.45) is 11.0. The Morgan fingerprint density at radius 1 is 1.20 bits per heavy atom. The minimum Gasteiger partial charge on any atom is -0.299 e. The van der Waals surface area contributed by atoms with E-state index in [1.807, 2.05) is 6.08 Å². The summed E-state index contributed by atoms with van der Waals surface area (Å²) in [5.74, 6) is 3.37. The third kappa shape index (κ3) is 2.43. The van der Waals surface area contributed by atoms with Gasteiger partial charge in [-0.25, -0.2) is 0 Å². The summed E-state index contributed by atoms with van der Waals surface area (Å²) in [5, 5.41) is 0. The normalized spacial score (nSPS) is 43.4. The highest BCUT2D eigenvalue weighted by Crippen LogP contribution is 2.64. The van der Waals surface area contributed by atoms with E-state index in [2.05, 4.69) is 20.4 Å². The highest BCUT2D eigenvalue weighted by molar-refractivity contribution is 5.92. The molecule has 0 heterocycles. The van der Waals surface area contributed by atoms with Crippen LogP contribution in [0.1, 0.15) is 71.6 Å². The second kappa shape index (κ2) is 6.21. The lowest BCUT2D eigenvalue weighted by atomic mass is 9.50. The molecule has 4 aliphatic rings. The Bertz CT molecular complexity index is 642. The van der Waals surface area contributed by atoms with E-state index in [-0.39, 0.29) is 11.3 Å². The Hall–Kier alpha value is -1.18. The molecule has 4 rings (SSSR count). The number of Topliss-reactive ketones (excluding diaryl/α,β-unsaturated/α-hetero) is 1. The third-order valence-electron chi connectivity index (χ3n) is 8.09. The van der Waals surface area contributed by atoms with Gasteiger partial charge in [0.2, 0.25) is 0 Å². The molecule has 0 radical (unpaired) electrons. The zero-order valence-corrected chi connectivity index (χ0v) is 15.9. The summed E-state index contributed by atoms with van der Waals surface area (Å²) in [4.78, 5) is 25.2. The number of ketones is 2. The van der Waals surface area contributed by atoms with E-state index in [4.69, 9.17) is 0 Å². The first-order valence-corrected chi connectivity index (χ1v) is 10.5. The minimum absolute atomic E-state index is 0.121. The van der Waals surface area contributed by atoms with Crippen LogP contribution in [0.2, 0.25) is 0 Å². The van der Waals surface area contributed by atoms with E-state index in [9.17, 15) is 9.59 Å². The summed E-state index contributed by atoms with van der Waals surface area (Å²) in [7, 11) is 0. The van der Waals surface area contributed by atoms with Gasteiger partial charge < -0.3 is 0 Å². The molecule has 136 valence electrons. The maximum Gasteiger partial charge on any atom is 0.155 e. The monoisotopic (exact) mass is 340 g/mol. The fourth-order valence-electron chi connectivity index (χ4n) is 7.10. The predicted molar refractivity (Wildman–Crippen MR) is 100 cm³/mol. The van der Waals surface area contributed by atoms with Crippen LogP contribution >= 0.6 is 0 Å². The van der Waals surface area contributed by atoms with Crippen LogP contribution in [0.4, 0.5) is 0 Å². The zero-order valence-electron chi connectivity index (χ0n) is 15.9. The Morgan fingerprint density at radius 2 is 2.00 bits per heavy atom. The maximum absolute atomic E-state index is 13.3. The molecule has 2 nitrogen and oxygen atoms in total. The molecule has 0 saturated heterocycles. The number of carbonyl (C=O) groups excluding carboxylic acids is 2. The second-order valence-electron chi connectivity index (χ2n) is 9.10. The summed E-state index contributed by atoms with van der Waals surface area (Å²) in [6.45, 7) is 8.93. The molecule has 0 spiro atoms. The lowest BCUT2D eigenvalue weighted by molar-refractivity contribution is -0.133. The average molecular weight is 341 g/mol.